The first-order valence-corrected chi connectivity index (χ1v) is 21.7. The Labute approximate surface area is 362 Å². The van der Waals surface area contributed by atoms with Crippen molar-refractivity contribution in [1.82, 2.24) is 30.4 Å². The van der Waals surface area contributed by atoms with Gasteiger partial charge in [-0.3, -0.25) is 39.0 Å². The van der Waals surface area contributed by atoms with Gasteiger partial charge in [-0.2, -0.15) is 13.8 Å². The number of amides is 6. The number of rotatable bonds is 10. The summed E-state index contributed by atoms with van der Waals surface area (Å²) in [5.41, 5.74) is 2.47. The lowest BCUT2D eigenvalue weighted by Gasteiger charge is -2.34. The molecule has 6 amide bonds. The second-order valence-corrected chi connectivity index (χ2v) is 17.4. The van der Waals surface area contributed by atoms with E-state index in [1.807, 2.05) is 6.07 Å². The summed E-state index contributed by atoms with van der Waals surface area (Å²) >= 11 is 0. The molecule has 1 aliphatic carbocycles. The number of anilines is 5. The predicted molar refractivity (Wildman–Crippen MR) is 227 cm³/mol. The molecule has 1 unspecified atom stereocenters. The first-order chi connectivity index (χ1) is 30.3. The van der Waals surface area contributed by atoms with Crippen LogP contribution < -0.4 is 35.4 Å². The molecule has 9 rings (SSSR count). The number of benzene rings is 2. The third kappa shape index (κ3) is 8.13. The highest BCUT2D eigenvalue weighted by Crippen LogP contribution is 2.40. The van der Waals surface area contributed by atoms with E-state index in [1.165, 1.54) is 20.4 Å². The molecule has 5 aliphatic heterocycles. The van der Waals surface area contributed by atoms with Crippen molar-refractivity contribution in [2.75, 3.05) is 73.4 Å². The Morgan fingerprint density at radius 3 is 2.44 bits per heavy atom. The van der Waals surface area contributed by atoms with Crippen molar-refractivity contribution < 1.29 is 42.3 Å². The van der Waals surface area contributed by atoms with Crippen LogP contribution in [0, 0.1) is 5.92 Å². The summed E-state index contributed by atoms with van der Waals surface area (Å²) in [5.74, 6) is -6.06. The zero-order valence-corrected chi connectivity index (χ0v) is 35.2. The molecule has 6 heterocycles. The van der Waals surface area contributed by atoms with Crippen LogP contribution in [-0.2, 0) is 14.4 Å². The molecule has 1 aromatic heterocycles. The number of carbonyl (C=O) groups excluding carboxylic acids is 6. The average Bonchev–Trinajstić information content (AvgIpc) is 4.03. The summed E-state index contributed by atoms with van der Waals surface area (Å²) in [5, 5.41) is 8.52. The number of fused-ring (bicyclic) bond motifs is 2. The van der Waals surface area contributed by atoms with E-state index in [2.05, 4.69) is 35.7 Å². The standard InChI is InChI=1S/C44H50F2N10O7/c1-52-34-21-47-43(51-37(34)55(28-5-3-4-6-28)24-44(45,46)42(52)62)49-32-10-7-26(19-35(32)63-2)38(58)48-27-14-16-53(17-15-27)22-25-13-18-54(23-25)29-8-9-30-31(20-29)41(61)56(40(30)60)33-11-12-36(57)50-39(33)59/h7-10,19-21,25,27-28,33H,3-6,11-18,22-24H2,1-2H3,(H,48,58)(H,47,49,51)(H,50,57,59)/t25-,33?/m1/s1. The number of ether oxygens (including phenoxy) is 1. The van der Waals surface area contributed by atoms with Crippen molar-refractivity contribution in [2.45, 2.75) is 81.8 Å². The van der Waals surface area contributed by atoms with Gasteiger partial charge in [0.2, 0.25) is 17.8 Å². The maximum atomic E-state index is 15.1. The summed E-state index contributed by atoms with van der Waals surface area (Å²) < 4.78 is 35.7. The topological polar surface area (TPSA) is 190 Å². The maximum absolute atomic E-state index is 15.1. The minimum absolute atomic E-state index is 0.0165. The molecular weight excluding hydrogens is 819 g/mol. The van der Waals surface area contributed by atoms with Crippen molar-refractivity contribution in [3.63, 3.8) is 0 Å². The fraction of sp³-hybridized carbons (Fsp3) is 0.500. The Balaban J connectivity index is 0.775. The van der Waals surface area contributed by atoms with E-state index in [0.717, 1.165) is 93.2 Å². The van der Waals surface area contributed by atoms with Crippen LogP contribution in [0.4, 0.5) is 37.6 Å². The number of hydrogen-bond donors (Lipinski definition) is 3. The maximum Gasteiger partial charge on any atom is 0.342 e. The van der Waals surface area contributed by atoms with E-state index in [9.17, 15) is 28.8 Å². The smallest absolute Gasteiger partial charge is 0.342 e. The quantitative estimate of drug-likeness (QED) is 0.251. The minimum atomic E-state index is -3.59. The van der Waals surface area contributed by atoms with Crippen molar-refractivity contribution in [3.8, 4) is 5.75 Å². The highest BCUT2D eigenvalue weighted by atomic mass is 19.3. The van der Waals surface area contributed by atoms with E-state index < -0.39 is 48.0 Å². The summed E-state index contributed by atoms with van der Waals surface area (Å²) in [6.07, 6.45) is 7.35. The second-order valence-electron chi connectivity index (χ2n) is 17.4. The average molecular weight is 869 g/mol. The minimum Gasteiger partial charge on any atom is -0.495 e. The molecule has 3 aromatic rings. The van der Waals surface area contributed by atoms with Gasteiger partial charge in [0.25, 0.3) is 23.6 Å². The van der Waals surface area contributed by atoms with E-state index in [4.69, 9.17) is 4.74 Å². The van der Waals surface area contributed by atoms with Crippen LogP contribution in [0.5, 0.6) is 5.75 Å². The molecule has 2 aromatic carbocycles. The molecule has 19 heteroatoms. The largest absolute Gasteiger partial charge is 0.495 e. The summed E-state index contributed by atoms with van der Waals surface area (Å²) in [4.78, 5) is 93.9. The number of aromatic nitrogens is 2. The molecule has 1 saturated carbocycles. The molecule has 63 heavy (non-hydrogen) atoms. The number of piperidine rings is 2. The lowest BCUT2D eigenvalue weighted by Crippen LogP contribution is -2.54. The molecule has 3 N–H and O–H groups in total. The number of imide groups is 2. The molecule has 2 atom stereocenters. The molecule has 3 saturated heterocycles. The third-order valence-electron chi connectivity index (χ3n) is 13.4. The number of hydrogen-bond acceptors (Lipinski definition) is 13. The van der Waals surface area contributed by atoms with E-state index in [1.54, 1.807) is 35.2 Å². The SMILES string of the molecule is COc1cc(C(=O)NC2CCN(C[C@H]3CCN(c4ccc5c(c4)C(=O)N(C4CCC(=O)NC4=O)C5=O)C3)CC2)ccc1Nc1ncc2c(n1)N(C1CCCC1)CC(F)(F)C(=O)N2C. The first-order valence-electron chi connectivity index (χ1n) is 21.7. The van der Waals surface area contributed by atoms with Crippen LogP contribution in [0.25, 0.3) is 0 Å². The highest BCUT2D eigenvalue weighted by molar-refractivity contribution is 6.23. The number of likely N-dealkylation sites (tertiary alicyclic amines) is 1. The molecule has 0 radical (unpaired) electrons. The van der Waals surface area contributed by atoms with E-state index in [0.29, 0.717) is 22.9 Å². The molecule has 332 valence electrons. The van der Waals surface area contributed by atoms with Crippen LogP contribution in [0.2, 0.25) is 0 Å². The first kappa shape index (κ1) is 42.1. The second kappa shape index (κ2) is 16.8. The van der Waals surface area contributed by atoms with Gasteiger partial charge in [0, 0.05) is 69.5 Å². The number of halogens is 2. The van der Waals surface area contributed by atoms with Crippen LogP contribution >= 0.6 is 0 Å². The van der Waals surface area contributed by atoms with Gasteiger partial charge in [0.1, 0.15) is 17.5 Å². The Hall–Kier alpha value is -6.24. The number of carbonyl (C=O) groups is 6. The van der Waals surface area contributed by atoms with Crippen LogP contribution in [0.15, 0.2) is 42.6 Å². The Kier molecular flexibility index (Phi) is 11.2. The van der Waals surface area contributed by atoms with Crippen molar-refractivity contribution in [2.24, 2.45) is 5.92 Å². The van der Waals surface area contributed by atoms with Crippen molar-refractivity contribution >= 4 is 64.3 Å². The Morgan fingerprint density at radius 1 is 0.937 bits per heavy atom. The molecule has 0 bridgehead atoms. The fourth-order valence-corrected chi connectivity index (χ4v) is 9.93. The molecular formula is C44H50F2N10O7. The van der Waals surface area contributed by atoms with Crippen LogP contribution in [0.1, 0.15) is 88.9 Å². The van der Waals surface area contributed by atoms with Crippen molar-refractivity contribution in [3.05, 3.63) is 59.3 Å². The zero-order chi connectivity index (χ0) is 44.2. The fourth-order valence-electron chi connectivity index (χ4n) is 9.93. The number of alkyl halides is 2. The van der Waals surface area contributed by atoms with Gasteiger partial charge < -0.3 is 35.0 Å². The summed E-state index contributed by atoms with van der Waals surface area (Å²) in [6, 6.07) is 9.03. The van der Waals surface area contributed by atoms with Gasteiger partial charge in [-0.1, -0.05) is 12.8 Å². The predicted octanol–water partition coefficient (Wildman–Crippen LogP) is 3.71. The van der Waals surface area contributed by atoms with Gasteiger partial charge in [0.05, 0.1) is 36.7 Å². The lowest BCUT2D eigenvalue weighted by atomic mass is 10.0. The van der Waals surface area contributed by atoms with Crippen LogP contribution in [0.3, 0.4) is 0 Å². The third-order valence-corrected chi connectivity index (χ3v) is 13.4. The van der Waals surface area contributed by atoms with E-state index in [-0.39, 0.29) is 59.4 Å². The molecule has 6 aliphatic rings. The number of methoxy groups -OCH3 is 1. The number of nitrogens with one attached hydrogen (secondary N) is 3. The number of nitrogens with zero attached hydrogens (tertiary/aromatic N) is 7. The van der Waals surface area contributed by atoms with Gasteiger partial charge in [-0.05, 0) is 80.8 Å². The highest BCUT2D eigenvalue weighted by Gasteiger charge is 2.49. The molecule has 17 nitrogen and oxygen atoms in total. The van der Waals surface area contributed by atoms with Gasteiger partial charge in [-0.25, -0.2) is 4.98 Å². The Bertz CT molecular complexity index is 2370. The summed E-state index contributed by atoms with van der Waals surface area (Å²) in [7, 11) is 2.79. The Morgan fingerprint density at radius 2 is 1.70 bits per heavy atom. The lowest BCUT2D eigenvalue weighted by molar-refractivity contribution is -0.140. The van der Waals surface area contributed by atoms with Gasteiger partial charge >= 0.3 is 5.92 Å². The van der Waals surface area contributed by atoms with Crippen LogP contribution in [-0.4, -0.2) is 133 Å². The van der Waals surface area contributed by atoms with Gasteiger partial charge in [-0.15, -0.1) is 0 Å². The normalized spacial score (nSPS) is 23.2. The monoisotopic (exact) mass is 868 g/mol. The summed E-state index contributed by atoms with van der Waals surface area (Å²) in [6.45, 7) is 3.35. The molecule has 0 spiro atoms. The van der Waals surface area contributed by atoms with E-state index >= 15 is 8.78 Å². The van der Waals surface area contributed by atoms with Crippen molar-refractivity contribution in [1.29, 1.82) is 0 Å². The molecule has 4 fully saturated rings. The zero-order valence-electron chi connectivity index (χ0n) is 35.2. The van der Waals surface area contributed by atoms with Gasteiger partial charge in [0.15, 0.2) is 5.82 Å².